The predicted octanol–water partition coefficient (Wildman–Crippen LogP) is 1.35. The summed E-state index contributed by atoms with van der Waals surface area (Å²) in [5.41, 5.74) is 3.99. The van der Waals surface area contributed by atoms with Crippen molar-refractivity contribution in [1.82, 2.24) is 10.0 Å². The maximum atomic E-state index is 13.1. The number of pyridine rings is 1. The minimum atomic E-state index is -4.00. The van der Waals surface area contributed by atoms with E-state index in [-0.39, 0.29) is 18.7 Å². The second-order valence-corrected chi connectivity index (χ2v) is 4.51. The molecule has 0 radical (unpaired) electrons. The first kappa shape index (κ1) is 14.7. The normalized spacial score (nSPS) is 23.9. The Hall–Kier alpha value is -1.67. The Morgan fingerprint density at radius 3 is 2.85 bits per heavy atom. The van der Waals surface area contributed by atoms with Crippen LogP contribution in [0.25, 0.3) is 0 Å². The molecule has 110 valence electrons. The molecule has 0 spiro atoms. The largest absolute Gasteiger partial charge is 0.399 e. The zero-order valence-corrected chi connectivity index (χ0v) is 10.6. The van der Waals surface area contributed by atoms with Gasteiger partial charge in [-0.1, -0.05) is 6.07 Å². The van der Waals surface area contributed by atoms with Gasteiger partial charge in [-0.2, -0.15) is 13.8 Å². The molecule has 2 rings (SSSR count). The number of primary amides is 1. The summed E-state index contributed by atoms with van der Waals surface area (Å²) in [5, 5.41) is 0.747. The lowest BCUT2D eigenvalue weighted by Gasteiger charge is -2.35. The van der Waals surface area contributed by atoms with Crippen LogP contribution in [0.1, 0.15) is 18.5 Å². The highest BCUT2D eigenvalue weighted by atomic mass is 19.3. The number of halogens is 3. The van der Waals surface area contributed by atoms with E-state index in [1.54, 1.807) is 12.1 Å². The zero-order chi connectivity index (χ0) is 14.8. The standard InChI is InChI=1S/C12H14F3N3O2/c13-8-12(14,15)20-18-7-3-5-11(18,10(16)19)9-4-1-2-6-17-9/h1-2,4,6H,3,5,7-8H2,(H2,16,19). The van der Waals surface area contributed by atoms with E-state index in [1.165, 1.54) is 12.3 Å². The number of carbonyl (C=O) groups excluding carboxylic acids is 1. The van der Waals surface area contributed by atoms with Crippen LogP contribution in [0, 0.1) is 0 Å². The van der Waals surface area contributed by atoms with Crippen molar-refractivity contribution in [3.05, 3.63) is 30.1 Å². The lowest BCUT2D eigenvalue weighted by Crippen LogP contribution is -2.54. The van der Waals surface area contributed by atoms with E-state index < -0.39 is 24.2 Å². The van der Waals surface area contributed by atoms with E-state index in [1.807, 2.05) is 0 Å². The molecule has 1 atom stereocenters. The van der Waals surface area contributed by atoms with Crippen molar-refractivity contribution >= 4 is 5.91 Å². The highest BCUT2D eigenvalue weighted by Gasteiger charge is 2.53. The number of amides is 1. The zero-order valence-electron chi connectivity index (χ0n) is 10.6. The van der Waals surface area contributed by atoms with E-state index in [9.17, 15) is 18.0 Å². The summed E-state index contributed by atoms with van der Waals surface area (Å²) in [4.78, 5) is 20.2. The minimum absolute atomic E-state index is 0.0368. The molecule has 8 heteroatoms. The molecule has 1 amide bonds. The topological polar surface area (TPSA) is 68.5 Å². The number of hydroxylamine groups is 2. The van der Waals surface area contributed by atoms with Gasteiger partial charge in [-0.3, -0.25) is 9.78 Å². The Morgan fingerprint density at radius 1 is 1.55 bits per heavy atom. The number of hydrogen-bond acceptors (Lipinski definition) is 4. The van der Waals surface area contributed by atoms with Crippen LogP contribution in [0.15, 0.2) is 24.4 Å². The molecule has 0 saturated carbocycles. The smallest absolute Gasteiger partial charge is 0.368 e. The van der Waals surface area contributed by atoms with Gasteiger partial charge in [0.15, 0.2) is 12.2 Å². The summed E-state index contributed by atoms with van der Waals surface area (Å²) < 4.78 is 38.5. The van der Waals surface area contributed by atoms with Crippen LogP contribution in [0.4, 0.5) is 13.2 Å². The molecular formula is C12H14F3N3O2. The maximum absolute atomic E-state index is 13.1. The molecule has 2 N–H and O–H groups in total. The average Bonchev–Trinajstić information content (AvgIpc) is 2.84. The Kier molecular flexibility index (Phi) is 3.96. The number of alkyl halides is 3. The number of nitrogens with two attached hydrogens (primary N) is 1. The Balaban J connectivity index is 2.39. The lowest BCUT2D eigenvalue weighted by atomic mass is 9.91. The van der Waals surface area contributed by atoms with Crippen LogP contribution in [-0.2, 0) is 15.2 Å². The summed E-state index contributed by atoms with van der Waals surface area (Å²) in [7, 11) is 0. The molecule has 5 nitrogen and oxygen atoms in total. The van der Waals surface area contributed by atoms with Crippen molar-refractivity contribution in [2.24, 2.45) is 5.73 Å². The van der Waals surface area contributed by atoms with Crippen molar-refractivity contribution in [1.29, 1.82) is 0 Å². The van der Waals surface area contributed by atoms with Gasteiger partial charge in [0.25, 0.3) is 0 Å². The van der Waals surface area contributed by atoms with Crippen LogP contribution >= 0.6 is 0 Å². The minimum Gasteiger partial charge on any atom is -0.368 e. The highest BCUT2D eigenvalue weighted by molar-refractivity contribution is 5.85. The van der Waals surface area contributed by atoms with E-state index in [2.05, 4.69) is 9.82 Å². The number of nitrogens with zero attached hydrogens (tertiary/aromatic N) is 2. The Morgan fingerprint density at radius 2 is 2.30 bits per heavy atom. The molecule has 1 aliphatic heterocycles. The first-order chi connectivity index (χ1) is 9.42. The molecule has 0 aromatic carbocycles. The number of carbonyl (C=O) groups is 1. The van der Waals surface area contributed by atoms with E-state index >= 15 is 0 Å². The molecule has 1 saturated heterocycles. The third-order valence-corrected chi connectivity index (χ3v) is 3.22. The number of hydrogen-bond donors (Lipinski definition) is 1. The fourth-order valence-electron chi connectivity index (χ4n) is 2.34. The molecule has 2 heterocycles. The SMILES string of the molecule is NC(=O)C1(c2ccccn2)CCCN1OC(F)(F)CF. The van der Waals surface area contributed by atoms with Crippen LogP contribution in [0.5, 0.6) is 0 Å². The van der Waals surface area contributed by atoms with Gasteiger partial charge in [-0.05, 0) is 25.0 Å². The summed E-state index contributed by atoms with van der Waals surface area (Å²) >= 11 is 0. The molecule has 20 heavy (non-hydrogen) atoms. The summed E-state index contributed by atoms with van der Waals surface area (Å²) in [6.45, 7) is -1.95. The first-order valence-corrected chi connectivity index (χ1v) is 6.04. The van der Waals surface area contributed by atoms with Crippen LogP contribution in [-0.4, -0.2) is 35.3 Å². The van der Waals surface area contributed by atoms with Gasteiger partial charge in [0.05, 0.1) is 5.69 Å². The van der Waals surface area contributed by atoms with Crippen LogP contribution in [0.2, 0.25) is 0 Å². The van der Waals surface area contributed by atoms with Crippen molar-refractivity contribution in [3.8, 4) is 0 Å². The molecular weight excluding hydrogens is 275 g/mol. The maximum Gasteiger partial charge on any atom is 0.399 e. The fourth-order valence-corrected chi connectivity index (χ4v) is 2.34. The van der Waals surface area contributed by atoms with E-state index in [4.69, 9.17) is 5.73 Å². The van der Waals surface area contributed by atoms with Crippen LogP contribution in [0.3, 0.4) is 0 Å². The Labute approximate surface area is 113 Å². The van der Waals surface area contributed by atoms with E-state index in [0.29, 0.717) is 6.42 Å². The third kappa shape index (κ3) is 2.48. The highest BCUT2D eigenvalue weighted by Crippen LogP contribution is 2.40. The van der Waals surface area contributed by atoms with Gasteiger partial charge in [0, 0.05) is 12.7 Å². The molecule has 1 aromatic heterocycles. The molecule has 1 unspecified atom stereocenters. The third-order valence-electron chi connectivity index (χ3n) is 3.22. The number of aromatic nitrogens is 1. The van der Waals surface area contributed by atoms with Gasteiger partial charge in [0.2, 0.25) is 5.91 Å². The van der Waals surface area contributed by atoms with Crippen molar-refractivity contribution in [2.45, 2.75) is 24.5 Å². The van der Waals surface area contributed by atoms with Gasteiger partial charge in [-0.15, -0.1) is 0 Å². The number of rotatable bonds is 5. The quantitative estimate of drug-likeness (QED) is 0.888. The van der Waals surface area contributed by atoms with Crippen LogP contribution < -0.4 is 5.73 Å². The fraction of sp³-hybridized carbons (Fsp3) is 0.500. The summed E-state index contributed by atoms with van der Waals surface area (Å²) in [6.07, 6.45) is -1.99. The Bertz CT molecular complexity index is 486. The second kappa shape index (κ2) is 5.37. The molecule has 0 aliphatic carbocycles. The second-order valence-electron chi connectivity index (χ2n) is 4.51. The molecule has 1 aromatic rings. The molecule has 0 bridgehead atoms. The van der Waals surface area contributed by atoms with E-state index in [0.717, 1.165) is 5.06 Å². The molecule has 1 aliphatic rings. The monoisotopic (exact) mass is 289 g/mol. The average molecular weight is 289 g/mol. The summed E-state index contributed by atoms with van der Waals surface area (Å²) in [5.74, 6) is -0.858. The predicted molar refractivity (Wildman–Crippen MR) is 63.1 cm³/mol. The van der Waals surface area contributed by atoms with Gasteiger partial charge in [0.1, 0.15) is 0 Å². The first-order valence-electron chi connectivity index (χ1n) is 6.04. The molecule has 1 fully saturated rings. The lowest BCUT2D eigenvalue weighted by molar-refractivity contribution is -0.373. The summed E-state index contributed by atoms with van der Waals surface area (Å²) in [6, 6.07) is 4.73. The van der Waals surface area contributed by atoms with Gasteiger partial charge < -0.3 is 5.73 Å². The van der Waals surface area contributed by atoms with Crippen molar-refractivity contribution < 1.29 is 22.8 Å². The van der Waals surface area contributed by atoms with Gasteiger partial charge in [-0.25, -0.2) is 9.23 Å². The van der Waals surface area contributed by atoms with Crippen molar-refractivity contribution in [3.63, 3.8) is 0 Å². The van der Waals surface area contributed by atoms with Gasteiger partial charge >= 0.3 is 6.11 Å². The van der Waals surface area contributed by atoms with Crippen molar-refractivity contribution in [2.75, 3.05) is 13.2 Å².